The summed E-state index contributed by atoms with van der Waals surface area (Å²) in [7, 11) is 0. The number of halogens is 1. The maximum Gasteiger partial charge on any atom is 0.134 e. The van der Waals surface area contributed by atoms with Crippen LogP contribution in [-0.4, -0.2) is 9.97 Å². The van der Waals surface area contributed by atoms with Crippen LogP contribution in [0.2, 0.25) is 0 Å². The van der Waals surface area contributed by atoms with Gasteiger partial charge in [0.15, 0.2) is 0 Å². The molecule has 5 rings (SSSR count). The summed E-state index contributed by atoms with van der Waals surface area (Å²) >= 11 is 1.40. The van der Waals surface area contributed by atoms with E-state index >= 15 is 0 Å². The molecule has 0 bridgehead atoms. The first kappa shape index (κ1) is 18.1. The molecule has 0 aliphatic rings. The van der Waals surface area contributed by atoms with Gasteiger partial charge in [0.05, 0.1) is 23.2 Å². The van der Waals surface area contributed by atoms with E-state index in [2.05, 4.69) is 11.1 Å². The minimum Gasteiger partial charge on any atom is -0.465 e. The Balaban J connectivity index is 1.66. The highest BCUT2D eigenvalue weighted by atomic mass is 32.1. The number of nitrogens with zero attached hydrogens (tertiary/aromatic N) is 2. The Labute approximate surface area is 175 Å². The van der Waals surface area contributed by atoms with Crippen LogP contribution in [0, 0.1) is 17.1 Å². The van der Waals surface area contributed by atoms with Crippen LogP contribution in [-0.2, 0) is 0 Å². The van der Waals surface area contributed by atoms with E-state index in [1.165, 1.54) is 23.5 Å². The van der Waals surface area contributed by atoms with Gasteiger partial charge in [-0.3, -0.25) is 0 Å². The second-order valence-electron chi connectivity index (χ2n) is 6.65. The number of rotatable bonds is 4. The molecule has 30 heavy (non-hydrogen) atoms. The van der Waals surface area contributed by atoms with Crippen molar-refractivity contribution in [2.75, 3.05) is 0 Å². The number of furan rings is 1. The number of fused-ring (bicyclic) bond motifs is 1. The number of H-pyrrole nitrogens is 1. The topological polar surface area (TPSA) is 65.6 Å². The fraction of sp³-hybridized carbons (Fsp3) is 0. The van der Waals surface area contributed by atoms with E-state index in [-0.39, 0.29) is 5.82 Å². The maximum atomic E-state index is 13.5. The first-order valence-electron chi connectivity index (χ1n) is 9.21. The second kappa shape index (κ2) is 7.47. The fourth-order valence-electron chi connectivity index (χ4n) is 3.41. The van der Waals surface area contributed by atoms with Crippen molar-refractivity contribution < 1.29 is 8.81 Å². The molecule has 0 fully saturated rings. The van der Waals surface area contributed by atoms with Crippen molar-refractivity contribution >= 4 is 33.9 Å². The average Bonchev–Trinajstić information content (AvgIpc) is 3.51. The molecule has 2 aromatic carbocycles. The lowest BCUT2D eigenvalue weighted by molar-refractivity contribution is 0.557. The van der Waals surface area contributed by atoms with Crippen LogP contribution in [0.15, 0.2) is 76.7 Å². The number of nitrogens with one attached hydrogen (secondary N) is 1. The lowest BCUT2D eigenvalue weighted by atomic mass is 10.0. The Hall–Kier alpha value is -3.95. The number of hydrogen-bond acceptors (Lipinski definition) is 4. The number of thiazole rings is 1. The number of benzene rings is 2. The molecule has 0 saturated heterocycles. The summed E-state index contributed by atoms with van der Waals surface area (Å²) < 4.78 is 18.8. The van der Waals surface area contributed by atoms with Gasteiger partial charge < -0.3 is 9.40 Å². The molecule has 3 heterocycles. The van der Waals surface area contributed by atoms with Crippen LogP contribution in [0.4, 0.5) is 4.39 Å². The minimum absolute atomic E-state index is 0.283. The van der Waals surface area contributed by atoms with Crippen LogP contribution in [0.5, 0.6) is 0 Å². The number of para-hydroxylation sites is 1. The van der Waals surface area contributed by atoms with E-state index in [4.69, 9.17) is 9.40 Å². The molecule has 0 amide bonds. The SMILES string of the molecule is N#C/C(=C\c1ccco1)c1nc(-c2c(-c3ccc(F)cc3)[nH]c3ccccc23)cs1. The molecule has 0 aliphatic heterocycles. The molecule has 5 aromatic rings. The van der Waals surface area contributed by atoms with Gasteiger partial charge in [-0.15, -0.1) is 11.3 Å². The van der Waals surface area contributed by atoms with Gasteiger partial charge in [-0.1, -0.05) is 18.2 Å². The molecule has 1 N–H and O–H groups in total. The monoisotopic (exact) mass is 411 g/mol. The van der Waals surface area contributed by atoms with Gasteiger partial charge in [-0.25, -0.2) is 9.37 Å². The molecular weight excluding hydrogens is 397 g/mol. The van der Waals surface area contributed by atoms with Gasteiger partial charge in [-0.05, 0) is 48.0 Å². The predicted molar refractivity (Wildman–Crippen MR) is 117 cm³/mol. The third-order valence-electron chi connectivity index (χ3n) is 4.78. The number of hydrogen-bond donors (Lipinski definition) is 1. The third-order valence-corrected chi connectivity index (χ3v) is 5.66. The van der Waals surface area contributed by atoms with Crippen molar-refractivity contribution in [3.05, 3.63) is 88.9 Å². The molecule has 4 nitrogen and oxygen atoms in total. The Morgan fingerprint density at radius 1 is 1.10 bits per heavy atom. The zero-order valence-corrected chi connectivity index (χ0v) is 16.4. The summed E-state index contributed by atoms with van der Waals surface area (Å²) in [6, 6.07) is 20.1. The molecule has 0 spiro atoms. The van der Waals surface area contributed by atoms with Crippen LogP contribution in [0.3, 0.4) is 0 Å². The van der Waals surface area contributed by atoms with Crippen molar-refractivity contribution in [3.63, 3.8) is 0 Å². The van der Waals surface area contributed by atoms with Crippen molar-refractivity contribution in [3.8, 4) is 28.6 Å². The smallest absolute Gasteiger partial charge is 0.134 e. The molecule has 0 aliphatic carbocycles. The van der Waals surface area contributed by atoms with Gasteiger partial charge in [0.2, 0.25) is 0 Å². The van der Waals surface area contributed by atoms with E-state index in [0.717, 1.165) is 33.4 Å². The summed E-state index contributed by atoms with van der Waals surface area (Å²) in [5.41, 5.74) is 4.81. The molecule has 0 radical (unpaired) electrons. The van der Waals surface area contributed by atoms with Gasteiger partial charge in [0, 0.05) is 27.9 Å². The highest BCUT2D eigenvalue weighted by molar-refractivity contribution is 7.11. The molecule has 0 unspecified atom stereocenters. The van der Waals surface area contributed by atoms with Crippen molar-refractivity contribution in [1.82, 2.24) is 9.97 Å². The molecular formula is C24H14FN3OS. The zero-order valence-electron chi connectivity index (χ0n) is 15.6. The summed E-state index contributed by atoms with van der Waals surface area (Å²) in [4.78, 5) is 8.19. The van der Waals surface area contributed by atoms with Crippen molar-refractivity contribution in [2.24, 2.45) is 0 Å². The molecule has 0 atom stereocenters. The number of allylic oxidation sites excluding steroid dienone is 1. The number of nitriles is 1. The average molecular weight is 411 g/mol. The molecule has 6 heteroatoms. The quantitative estimate of drug-likeness (QED) is 0.333. The Morgan fingerprint density at radius 2 is 1.93 bits per heavy atom. The van der Waals surface area contributed by atoms with Gasteiger partial charge in [0.25, 0.3) is 0 Å². The highest BCUT2D eigenvalue weighted by Crippen LogP contribution is 2.39. The lowest BCUT2D eigenvalue weighted by Crippen LogP contribution is -1.86. The third kappa shape index (κ3) is 3.21. The summed E-state index contributed by atoms with van der Waals surface area (Å²) in [5, 5.41) is 13.2. The van der Waals surface area contributed by atoms with E-state index in [0.29, 0.717) is 16.3 Å². The van der Waals surface area contributed by atoms with E-state index in [1.54, 1.807) is 36.6 Å². The van der Waals surface area contributed by atoms with Crippen molar-refractivity contribution in [1.29, 1.82) is 5.26 Å². The van der Waals surface area contributed by atoms with Crippen LogP contribution in [0.1, 0.15) is 10.8 Å². The lowest BCUT2D eigenvalue weighted by Gasteiger charge is -2.03. The second-order valence-corrected chi connectivity index (χ2v) is 7.51. The van der Waals surface area contributed by atoms with E-state index < -0.39 is 0 Å². The van der Waals surface area contributed by atoms with Crippen LogP contribution >= 0.6 is 11.3 Å². The standard InChI is InChI=1S/C24H14FN3OS/c25-17-9-7-15(8-10-17)23-22(19-5-1-2-6-20(19)27-23)21-14-30-24(28-21)16(13-26)12-18-4-3-11-29-18/h1-12,14,27H/b16-12+. The predicted octanol–water partition coefficient (Wildman–Crippen LogP) is 6.75. The minimum atomic E-state index is -0.283. The van der Waals surface area contributed by atoms with Crippen LogP contribution in [0.25, 0.3) is 45.1 Å². The van der Waals surface area contributed by atoms with Gasteiger partial charge >= 0.3 is 0 Å². The zero-order chi connectivity index (χ0) is 20.5. The van der Waals surface area contributed by atoms with E-state index in [9.17, 15) is 9.65 Å². The normalized spacial score (nSPS) is 11.7. The Kier molecular flexibility index (Phi) is 4.51. The van der Waals surface area contributed by atoms with E-state index in [1.807, 2.05) is 29.6 Å². The Morgan fingerprint density at radius 3 is 2.70 bits per heavy atom. The van der Waals surface area contributed by atoms with Gasteiger partial charge in [0.1, 0.15) is 22.7 Å². The summed E-state index contributed by atoms with van der Waals surface area (Å²) in [6.07, 6.45) is 3.24. The fourth-order valence-corrected chi connectivity index (χ4v) is 4.19. The molecule has 0 saturated carbocycles. The number of aromatic nitrogens is 2. The summed E-state index contributed by atoms with van der Waals surface area (Å²) in [6.45, 7) is 0. The largest absolute Gasteiger partial charge is 0.465 e. The van der Waals surface area contributed by atoms with Crippen LogP contribution < -0.4 is 0 Å². The highest BCUT2D eigenvalue weighted by Gasteiger charge is 2.18. The maximum absolute atomic E-state index is 13.5. The number of aromatic amines is 1. The first-order valence-corrected chi connectivity index (χ1v) is 10.1. The van der Waals surface area contributed by atoms with Gasteiger partial charge in [-0.2, -0.15) is 5.26 Å². The molecule has 144 valence electrons. The first-order chi connectivity index (χ1) is 14.7. The van der Waals surface area contributed by atoms with Crippen molar-refractivity contribution in [2.45, 2.75) is 0 Å². The molecule has 3 aromatic heterocycles. The Bertz CT molecular complexity index is 1400. The summed E-state index contributed by atoms with van der Waals surface area (Å²) in [5.74, 6) is 0.316.